The van der Waals surface area contributed by atoms with Crippen molar-refractivity contribution in [2.75, 3.05) is 0 Å². The van der Waals surface area contributed by atoms with E-state index in [-0.39, 0.29) is 12.0 Å². The maximum Gasteiger partial charge on any atom is 0.573 e. The molecule has 0 heterocycles. The van der Waals surface area contributed by atoms with Gasteiger partial charge < -0.3 is 4.74 Å². The van der Waals surface area contributed by atoms with E-state index in [1.807, 2.05) is 0 Å². The van der Waals surface area contributed by atoms with E-state index < -0.39 is 23.7 Å². The largest absolute Gasteiger partial charge is 0.573 e. The quantitative estimate of drug-likeness (QED) is 0.251. The van der Waals surface area contributed by atoms with Crippen LogP contribution in [0.5, 0.6) is 5.75 Å². The second-order valence-corrected chi connectivity index (χ2v) is 9.55. The predicted octanol–water partition coefficient (Wildman–Crippen LogP) is 9.14. The van der Waals surface area contributed by atoms with Crippen molar-refractivity contribution in [3.63, 3.8) is 0 Å². The number of ether oxygens (including phenoxy) is 1. The Bertz CT molecular complexity index is 775. The summed E-state index contributed by atoms with van der Waals surface area (Å²) < 4.78 is 69.4. The highest BCUT2D eigenvalue weighted by Gasteiger charge is 2.35. The van der Waals surface area contributed by atoms with Gasteiger partial charge >= 0.3 is 6.36 Å². The van der Waals surface area contributed by atoms with Gasteiger partial charge in [0.15, 0.2) is 11.6 Å². The number of rotatable bonds is 10. The normalized spacial score (nSPS) is 21.2. The highest BCUT2D eigenvalue weighted by atomic mass is 19.4. The highest BCUT2D eigenvalue weighted by Crippen LogP contribution is 2.39. The third-order valence-electron chi connectivity index (χ3n) is 7.14. The van der Waals surface area contributed by atoms with Gasteiger partial charge in [-0.2, -0.15) is 0 Å². The van der Waals surface area contributed by atoms with Crippen molar-refractivity contribution in [2.24, 2.45) is 11.8 Å². The van der Waals surface area contributed by atoms with E-state index in [0.29, 0.717) is 17.9 Å². The van der Waals surface area contributed by atoms with Crippen molar-refractivity contribution < 1.29 is 26.7 Å². The molecule has 0 aromatic heterocycles. The van der Waals surface area contributed by atoms with Crippen LogP contribution in [0.3, 0.4) is 0 Å². The van der Waals surface area contributed by atoms with Gasteiger partial charge in [-0.15, -0.1) is 13.2 Å². The molecule has 2 aliphatic carbocycles. The Morgan fingerprint density at radius 1 is 0.906 bits per heavy atom. The van der Waals surface area contributed by atoms with Crippen LogP contribution in [0.25, 0.3) is 6.08 Å². The lowest BCUT2D eigenvalue weighted by atomic mass is 9.77. The molecule has 1 aromatic carbocycles. The number of halogens is 5. The topological polar surface area (TPSA) is 9.23 Å². The van der Waals surface area contributed by atoms with E-state index in [1.54, 1.807) is 6.08 Å². The van der Waals surface area contributed by atoms with Gasteiger partial charge in [0.05, 0.1) is 0 Å². The van der Waals surface area contributed by atoms with Crippen molar-refractivity contribution in [1.29, 1.82) is 0 Å². The van der Waals surface area contributed by atoms with Crippen LogP contribution in [-0.4, -0.2) is 6.36 Å². The van der Waals surface area contributed by atoms with Gasteiger partial charge in [-0.1, -0.05) is 82.8 Å². The molecule has 0 amide bonds. The van der Waals surface area contributed by atoms with E-state index in [0.717, 1.165) is 30.4 Å². The fraction of sp³-hybridized carbons (Fsp3) is 0.692. The molecule has 0 radical (unpaired) electrons. The number of hydrogen-bond donors (Lipinski definition) is 0. The van der Waals surface area contributed by atoms with Crippen LogP contribution < -0.4 is 4.74 Å². The molecular formula is C26H35F5O. The van der Waals surface area contributed by atoms with E-state index in [1.165, 1.54) is 64.2 Å². The molecule has 180 valence electrons. The zero-order valence-electron chi connectivity index (χ0n) is 19.0. The summed E-state index contributed by atoms with van der Waals surface area (Å²) in [7, 11) is 0. The van der Waals surface area contributed by atoms with Crippen LogP contribution in [0.15, 0.2) is 11.6 Å². The number of allylic oxidation sites excluding steroid dienone is 1. The lowest BCUT2D eigenvalue weighted by Crippen LogP contribution is -2.20. The Morgan fingerprint density at radius 2 is 1.56 bits per heavy atom. The third kappa shape index (κ3) is 7.21. The Labute approximate surface area is 188 Å². The van der Waals surface area contributed by atoms with E-state index in [9.17, 15) is 22.0 Å². The Balaban J connectivity index is 1.48. The Hall–Kier alpha value is -1.59. The van der Waals surface area contributed by atoms with E-state index >= 15 is 0 Å². The SMILES string of the molecule is CCCCCCCC1CCC(CCC2=Cc3cc(F)c(OC(F)(F)F)c(F)c3CC2)CC1. The van der Waals surface area contributed by atoms with Gasteiger partial charge in [-0.25, -0.2) is 8.78 Å². The van der Waals surface area contributed by atoms with Crippen molar-refractivity contribution in [3.8, 4) is 5.75 Å². The first-order chi connectivity index (χ1) is 15.3. The lowest BCUT2D eigenvalue weighted by molar-refractivity contribution is -0.276. The lowest BCUT2D eigenvalue weighted by Gasteiger charge is -2.29. The summed E-state index contributed by atoms with van der Waals surface area (Å²) in [6, 6.07) is 0.963. The maximum absolute atomic E-state index is 14.4. The molecule has 3 rings (SSSR count). The first-order valence-electron chi connectivity index (χ1n) is 12.2. The number of alkyl halides is 3. The van der Waals surface area contributed by atoms with Crippen LogP contribution in [-0.2, 0) is 6.42 Å². The maximum atomic E-state index is 14.4. The second kappa shape index (κ2) is 11.5. The molecule has 1 saturated carbocycles. The highest BCUT2D eigenvalue weighted by molar-refractivity contribution is 5.61. The van der Waals surface area contributed by atoms with Crippen molar-refractivity contribution >= 4 is 6.08 Å². The summed E-state index contributed by atoms with van der Waals surface area (Å²) in [5.74, 6) is -2.34. The molecule has 1 aromatic rings. The summed E-state index contributed by atoms with van der Waals surface area (Å²) in [5.41, 5.74) is 1.57. The molecule has 2 aliphatic rings. The summed E-state index contributed by atoms with van der Waals surface area (Å²) in [6.07, 6.45) is 12.6. The van der Waals surface area contributed by atoms with Gasteiger partial charge in [0, 0.05) is 0 Å². The minimum atomic E-state index is -5.13. The smallest absolute Gasteiger partial charge is 0.399 e. The average Bonchev–Trinajstić information content (AvgIpc) is 2.75. The number of hydrogen-bond acceptors (Lipinski definition) is 1. The summed E-state index contributed by atoms with van der Waals surface area (Å²) in [6.45, 7) is 2.24. The fourth-order valence-corrected chi connectivity index (χ4v) is 5.26. The first kappa shape index (κ1) is 25.0. The van der Waals surface area contributed by atoms with Gasteiger partial charge in [-0.3, -0.25) is 0 Å². The van der Waals surface area contributed by atoms with Gasteiger partial charge in [0.2, 0.25) is 5.75 Å². The Morgan fingerprint density at radius 3 is 2.22 bits per heavy atom. The zero-order chi connectivity index (χ0) is 23.1. The summed E-state index contributed by atoms with van der Waals surface area (Å²) in [5, 5.41) is 0. The van der Waals surface area contributed by atoms with Gasteiger partial charge in [-0.05, 0) is 54.7 Å². The molecule has 0 saturated heterocycles. The Kier molecular flexibility index (Phi) is 9.01. The molecule has 0 N–H and O–H groups in total. The van der Waals surface area contributed by atoms with Crippen LogP contribution in [0.4, 0.5) is 22.0 Å². The third-order valence-corrected chi connectivity index (χ3v) is 7.14. The van der Waals surface area contributed by atoms with Crippen LogP contribution in [0.2, 0.25) is 0 Å². The molecule has 0 unspecified atom stereocenters. The van der Waals surface area contributed by atoms with Crippen molar-refractivity contribution in [1.82, 2.24) is 0 Å². The molecule has 6 heteroatoms. The predicted molar refractivity (Wildman–Crippen MR) is 117 cm³/mol. The molecule has 0 atom stereocenters. The van der Waals surface area contributed by atoms with E-state index in [4.69, 9.17) is 0 Å². The van der Waals surface area contributed by atoms with Gasteiger partial charge in [0.25, 0.3) is 0 Å². The van der Waals surface area contributed by atoms with Crippen LogP contribution >= 0.6 is 0 Å². The zero-order valence-corrected chi connectivity index (χ0v) is 19.0. The van der Waals surface area contributed by atoms with Crippen molar-refractivity contribution in [2.45, 2.75) is 103 Å². The van der Waals surface area contributed by atoms with Crippen LogP contribution in [0, 0.1) is 23.5 Å². The molecular weight excluding hydrogens is 423 g/mol. The minimum absolute atomic E-state index is 0.105. The number of benzene rings is 1. The van der Waals surface area contributed by atoms with Crippen LogP contribution in [0.1, 0.15) is 102 Å². The summed E-state index contributed by atoms with van der Waals surface area (Å²) in [4.78, 5) is 0. The molecule has 0 aliphatic heterocycles. The molecule has 0 spiro atoms. The monoisotopic (exact) mass is 458 g/mol. The number of unbranched alkanes of at least 4 members (excludes halogenated alkanes) is 4. The standard InChI is InChI=1S/C26H35F5O/c1-2-3-4-5-6-7-18-8-10-19(11-9-18)12-13-20-14-15-22-21(16-20)17-23(27)25(24(22)28)32-26(29,30)31/h16-19H,2-15H2,1H3. The molecule has 32 heavy (non-hydrogen) atoms. The molecule has 0 bridgehead atoms. The van der Waals surface area contributed by atoms with Crippen molar-refractivity contribution in [3.05, 3.63) is 34.4 Å². The molecule has 1 fully saturated rings. The fourth-order valence-electron chi connectivity index (χ4n) is 5.26. The first-order valence-corrected chi connectivity index (χ1v) is 12.2. The minimum Gasteiger partial charge on any atom is -0.399 e. The van der Waals surface area contributed by atoms with E-state index in [2.05, 4.69) is 11.7 Å². The van der Waals surface area contributed by atoms with Gasteiger partial charge in [0.1, 0.15) is 0 Å². The number of fused-ring (bicyclic) bond motifs is 1. The second-order valence-electron chi connectivity index (χ2n) is 9.55. The molecule has 1 nitrogen and oxygen atoms in total. The summed E-state index contributed by atoms with van der Waals surface area (Å²) >= 11 is 0. The average molecular weight is 459 g/mol.